The van der Waals surface area contributed by atoms with E-state index in [0.29, 0.717) is 13.0 Å². The quantitative estimate of drug-likeness (QED) is 0.468. The number of nitrogens with zero attached hydrogens (tertiary/aromatic N) is 4. The van der Waals surface area contributed by atoms with E-state index in [9.17, 15) is 18.3 Å². The van der Waals surface area contributed by atoms with Gasteiger partial charge in [0.2, 0.25) is 0 Å². The number of pyridine rings is 1. The molecule has 11 heteroatoms. The maximum Gasteiger partial charge on any atom is 0.339 e. The second kappa shape index (κ2) is 9.80. The van der Waals surface area contributed by atoms with Gasteiger partial charge >= 0.3 is 5.97 Å². The molecule has 0 spiro atoms. The number of hydrogen-bond donors (Lipinski definition) is 2. The highest BCUT2D eigenvalue weighted by molar-refractivity contribution is 7.92. The van der Waals surface area contributed by atoms with Crippen LogP contribution >= 0.6 is 11.6 Å². The van der Waals surface area contributed by atoms with Gasteiger partial charge in [0.25, 0.3) is 10.0 Å². The molecule has 1 aromatic carbocycles. The van der Waals surface area contributed by atoms with E-state index in [1.807, 2.05) is 25.5 Å². The minimum absolute atomic E-state index is 0.0281. The van der Waals surface area contributed by atoms with Crippen LogP contribution in [0.15, 0.2) is 41.4 Å². The second-order valence-corrected chi connectivity index (χ2v) is 9.63. The van der Waals surface area contributed by atoms with Crippen LogP contribution in [0, 0.1) is 13.8 Å². The maximum atomic E-state index is 12.7. The largest absolute Gasteiger partial charge is 0.478 e. The molecule has 0 aliphatic rings. The Balaban J connectivity index is 1.83. The number of aromatic carboxylic acids is 1. The zero-order valence-electron chi connectivity index (χ0n) is 18.8. The van der Waals surface area contributed by atoms with Crippen LogP contribution < -0.4 is 9.62 Å². The first-order valence-corrected chi connectivity index (χ1v) is 12.2. The molecule has 2 heterocycles. The van der Waals surface area contributed by atoms with Gasteiger partial charge in [0.05, 0.1) is 22.6 Å². The first-order valence-electron chi connectivity index (χ1n) is 10.3. The summed E-state index contributed by atoms with van der Waals surface area (Å²) in [5, 5.41) is 14.3. The molecule has 0 aliphatic heterocycles. The lowest BCUT2D eigenvalue weighted by Gasteiger charge is -2.21. The fraction of sp³-hybridized carbons (Fsp3) is 0.318. The summed E-state index contributed by atoms with van der Waals surface area (Å²) in [6.45, 7) is 7.28. The number of rotatable bonds is 9. The highest BCUT2D eigenvalue weighted by atomic mass is 35.5. The summed E-state index contributed by atoms with van der Waals surface area (Å²) in [4.78, 5) is 17.8. The fourth-order valence-electron chi connectivity index (χ4n) is 3.64. The number of sulfonamides is 1. The van der Waals surface area contributed by atoms with Crippen molar-refractivity contribution in [3.63, 3.8) is 0 Å². The van der Waals surface area contributed by atoms with Crippen LogP contribution in [-0.2, 0) is 23.0 Å². The molecule has 2 N–H and O–H groups in total. The van der Waals surface area contributed by atoms with Crippen LogP contribution in [0.3, 0.4) is 0 Å². The minimum Gasteiger partial charge on any atom is -0.478 e. The van der Waals surface area contributed by atoms with Gasteiger partial charge < -0.3 is 10.0 Å². The lowest BCUT2D eigenvalue weighted by molar-refractivity contribution is 0.0697. The molecular weight excluding hydrogens is 466 g/mol. The zero-order chi connectivity index (χ0) is 24.3. The van der Waals surface area contributed by atoms with E-state index in [2.05, 4.69) is 14.8 Å². The van der Waals surface area contributed by atoms with Crippen LogP contribution in [0.5, 0.6) is 0 Å². The average Bonchev–Trinajstić information content (AvgIpc) is 3.04. The van der Waals surface area contributed by atoms with Crippen LogP contribution in [0.25, 0.3) is 0 Å². The van der Waals surface area contributed by atoms with Crippen molar-refractivity contribution in [2.75, 3.05) is 23.2 Å². The van der Waals surface area contributed by atoms with E-state index in [1.165, 1.54) is 24.4 Å². The number of aromatic nitrogens is 3. The topological polar surface area (TPSA) is 117 Å². The summed E-state index contributed by atoms with van der Waals surface area (Å²) in [5.41, 5.74) is 3.05. The van der Waals surface area contributed by atoms with E-state index in [1.54, 1.807) is 24.1 Å². The van der Waals surface area contributed by atoms with Gasteiger partial charge in [-0.25, -0.2) is 18.2 Å². The summed E-state index contributed by atoms with van der Waals surface area (Å²) in [6.07, 6.45) is 1.95. The number of carbonyl (C=O) groups is 1. The number of benzene rings is 1. The molecule has 0 saturated carbocycles. The molecule has 2 aromatic heterocycles. The standard InChI is InChI=1S/C22H26ClN5O4S/c1-5-28-15(3)17(14(2)25-28)10-11-27(4)21-18(22(29)30)12-16(13-24-21)26-33(31,32)20-9-7-6-8-19(20)23/h6-9,12-13,26H,5,10-11H2,1-4H3,(H,29,30). The van der Waals surface area contributed by atoms with Gasteiger partial charge in [-0.1, -0.05) is 23.7 Å². The summed E-state index contributed by atoms with van der Waals surface area (Å²) >= 11 is 6.00. The third kappa shape index (κ3) is 5.28. The van der Waals surface area contributed by atoms with Crippen molar-refractivity contribution in [3.05, 3.63) is 64.1 Å². The van der Waals surface area contributed by atoms with Crippen molar-refractivity contribution in [2.45, 2.75) is 38.6 Å². The summed E-state index contributed by atoms with van der Waals surface area (Å²) in [6, 6.07) is 7.24. The molecule has 9 nitrogen and oxygen atoms in total. The van der Waals surface area contributed by atoms with Gasteiger partial charge in [-0.2, -0.15) is 5.10 Å². The van der Waals surface area contributed by atoms with E-state index in [-0.39, 0.29) is 27.0 Å². The molecule has 0 saturated heterocycles. The average molecular weight is 492 g/mol. The Bertz CT molecular complexity index is 1290. The Morgan fingerprint density at radius 1 is 1.27 bits per heavy atom. The zero-order valence-corrected chi connectivity index (χ0v) is 20.4. The number of anilines is 2. The number of hydrogen-bond acceptors (Lipinski definition) is 6. The molecule has 0 radical (unpaired) electrons. The second-order valence-electron chi connectivity index (χ2n) is 7.57. The van der Waals surface area contributed by atoms with E-state index < -0.39 is 16.0 Å². The van der Waals surface area contributed by atoms with Crippen LogP contribution in [0.1, 0.15) is 34.2 Å². The maximum absolute atomic E-state index is 12.7. The molecule has 0 atom stereocenters. The number of carboxylic acid groups (broad SMARTS) is 1. The summed E-state index contributed by atoms with van der Waals surface area (Å²) < 4.78 is 29.7. The molecule has 0 amide bonds. The third-order valence-electron chi connectivity index (χ3n) is 5.37. The minimum atomic E-state index is -4.01. The van der Waals surface area contributed by atoms with Gasteiger partial charge in [0, 0.05) is 25.8 Å². The number of nitrogens with one attached hydrogen (secondary N) is 1. The number of carboxylic acids is 1. The molecular formula is C22H26ClN5O4S. The van der Waals surface area contributed by atoms with Crippen LogP contribution in [0.4, 0.5) is 11.5 Å². The smallest absolute Gasteiger partial charge is 0.339 e. The summed E-state index contributed by atoms with van der Waals surface area (Å²) in [5.74, 6) is -0.976. The number of likely N-dealkylation sites (N-methyl/N-ethyl adjacent to an activating group) is 1. The SMILES string of the molecule is CCn1nc(C)c(CCN(C)c2ncc(NS(=O)(=O)c3ccccc3Cl)cc2C(=O)O)c1C. The monoisotopic (exact) mass is 491 g/mol. The Kier molecular flexibility index (Phi) is 7.28. The van der Waals surface area contributed by atoms with Crippen molar-refractivity contribution in [2.24, 2.45) is 0 Å². The van der Waals surface area contributed by atoms with Gasteiger partial charge in [-0.3, -0.25) is 9.40 Å². The van der Waals surface area contributed by atoms with Crippen molar-refractivity contribution >= 4 is 39.1 Å². The van der Waals surface area contributed by atoms with Crippen molar-refractivity contribution in [1.82, 2.24) is 14.8 Å². The molecule has 0 fully saturated rings. The fourth-order valence-corrected chi connectivity index (χ4v) is 5.19. The Labute approximate surface area is 198 Å². The number of aryl methyl sites for hydroxylation is 2. The first-order chi connectivity index (χ1) is 15.5. The van der Waals surface area contributed by atoms with Gasteiger partial charge in [0.1, 0.15) is 16.3 Å². The molecule has 0 bridgehead atoms. The van der Waals surface area contributed by atoms with Crippen molar-refractivity contribution in [3.8, 4) is 0 Å². The van der Waals surface area contributed by atoms with Crippen LogP contribution in [-0.4, -0.2) is 47.9 Å². The van der Waals surface area contributed by atoms with E-state index >= 15 is 0 Å². The van der Waals surface area contributed by atoms with E-state index in [4.69, 9.17) is 11.6 Å². The lowest BCUT2D eigenvalue weighted by Crippen LogP contribution is -2.24. The van der Waals surface area contributed by atoms with Gasteiger partial charge in [-0.15, -0.1) is 0 Å². The first kappa shape index (κ1) is 24.5. The Morgan fingerprint density at radius 2 is 1.97 bits per heavy atom. The molecule has 3 rings (SSSR count). The van der Waals surface area contributed by atoms with Crippen molar-refractivity contribution in [1.29, 1.82) is 0 Å². The highest BCUT2D eigenvalue weighted by Gasteiger charge is 2.21. The van der Waals surface area contributed by atoms with Gasteiger partial charge in [-0.05, 0) is 51.0 Å². The molecule has 0 aliphatic carbocycles. The van der Waals surface area contributed by atoms with Crippen molar-refractivity contribution < 1.29 is 18.3 Å². The predicted octanol–water partition coefficient (Wildman–Crippen LogP) is 3.75. The molecule has 176 valence electrons. The van der Waals surface area contributed by atoms with Gasteiger partial charge in [0.15, 0.2) is 0 Å². The predicted molar refractivity (Wildman–Crippen MR) is 128 cm³/mol. The van der Waals surface area contributed by atoms with Crippen LogP contribution in [0.2, 0.25) is 5.02 Å². The number of halogens is 1. The molecule has 33 heavy (non-hydrogen) atoms. The summed E-state index contributed by atoms with van der Waals surface area (Å²) in [7, 11) is -2.27. The van der Waals surface area contributed by atoms with E-state index in [0.717, 1.165) is 23.5 Å². The Morgan fingerprint density at radius 3 is 2.58 bits per heavy atom. The lowest BCUT2D eigenvalue weighted by atomic mass is 10.1. The third-order valence-corrected chi connectivity index (χ3v) is 7.25. The highest BCUT2D eigenvalue weighted by Crippen LogP contribution is 2.26. The molecule has 0 unspecified atom stereocenters. The normalized spacial score (nSPS) is 11.4. The molecule has 3 aromatic rings. The Hall–Kier alpha value is -3.11.